The van der Waals surface area contributed by atoms with Crippen LogP contribution >= 0.6 is 0 Å². The minimum atomic E-state index is -0.823. The molecule has 0 heterocycles. The number of hydrogen-bond acceptors (Lipinski definition) is 2. The molecular formula is C10H18BO2Si. The van der Waals surface area contributed by atoms with Crippen molar-refractivity contribution in [1.29, 1.82) is 0 Å². The summed E-state index contributed by atoms with van der Waals surface area (Å²) in [5.74, 6) is 1.33. The average molecular weight is 209 g/mol. The fourth-order valence-electron chi connectivity index (χ4n) is 3.60. The minimum Gasteiger partial charge on any atom is -0.430 e. The van der Waals surface area contributed by atoms with E-state index in [0.29, 0.717) is 5.92 Å². The zero-order chi connectivity index (χ0) is 10.6. The van der Waals surface area contributed by atoms with E-state index in [2.05, 4.69) is 30.9 Å². The molecule has 14 heavy (non-hydrogen) atoms. The monoisotopic (exact) mass is 209 g/mol. The van der Waals surface area contributed by atoms with Crippen molar-refractivity contribution in [3.63, 3.8) is 0 Å². The van der Waals surface area contributed by atoms with Gasteiger partial charge in [-0.3, -0.25) is 0 Å². The van der Waals surface area contributed by atoms with Crippen molar-refractivity contribution < 1.29 is 9.68 Å². The topological polar surface area (TPSA) is 29.5 Å². The molecule has 2 bridgehead atoms. The molecule has 0 aromatic heterocycles. The Hall–Kier alpha value is 0.202. The largest absolute Gasteiger partial charge is 0.430 e. The van der Waals surface area contributed by atoms with E-state index in [1.165, 1.54) is 12.8 Å². The Morgan fingerprint density at radius 1 is 1.43 bits per heavy atom. The Labute approximate surface area is 89.9 Å². The highest BCUT2D eigenvalue weighted by molar-refractivity contribution is 6.94. The highest BCUT2D eigenvalue weighted by Gasteiger charge is 2.65. The van der Waals surface area contributed by atoms with Crippen LogP contribution in [0.15, 0.2) is 0 Å². The summed E-state index contributed by atoms with van der Waals surface area (Å²) in [6.45, 7) is 5.96. The van der Waals surface area contributed by atoms with Crippen molar-refractivity contribution in [2.45, 2.75) is 45.6 Å². The lowest BCUT2D eigenvalue weighted by Gasteiger charge is -2.68. The smallest absolute Gasteiger partial charge is 0.419 e. The van der Waals surface area contributed by atoms with Crippen molar-refractivity contribution in [3.05, 3.63) is 0 Å². The summed E-state index contributed by atoms with van der Waals surface area (Å²) in [7, 11) is 3.13. The molecule has 3 radical (unpaired) electrons. The predicted molar refractivity (Wildman–Crippen MR) is 57.8 cm³/mol. The molecule has 3 aliphatic rings. The van der Waals surface area contributed by atoms with E-state index < -0.39 is 6.71 Å². The third-order valence-corrected chi connectivity index (χ3v) is 4.84. The van der Waals surface area contributed by atoms with Gasteiger partial charge in [-0.2, -0.15) is 0 Å². The van der Waals surface area contributed by atoms with Gasteiger partial charge >= 0.3 is 6.71 Å². The molecule has 0 aromatic rings. The van der Waals surface area contributed by atoms with Crippen LogP contribution in [0.3, 0.4) is 0 Å². The highest BCUT2D eigenvalue weighted by atomic mass is 28.1. The van der Waals surface area contributed by atoms with Gasteiger partial charge in [0, 0.05) is 0 Å². The standard InChI is InChI=1S/C10H18BO2Si/c1-7-4-5-8-6-10(7,9(8,2)3)13-11(12)14/h7-8,12H,4-6H2,1-3H3. The first-order valence-corrected chi connectivity index (χ1v) is 6.05. The van der Waals surface area contributed by atoms with Gasteiger partial charge in [-0.25, -0.2) is 0 Å². The lowest BCUT2D eigenvalue weighted by atomic mass is 9.42. The van der Waals surface area contributed by atoms with Crippen LogP contribution in [-0.4, -0.2) is 27.4 Å². The molecule has 3 aliphatic carbocycles. The molecular weight excluding hydrogens is 191 g/mol. The quantitative estimate of drug-likeness (QED) is 0.696. The van der Waals surface area contributed by atoms with Gasteiger partial charge in [0.05, 0.1) is 15.7 Å². The zero-order valence-corrected chi connectivity index (χ0v) is 10.2. The SMILES string of the molecule is CC1CCC2CC1(OB(O)[Si])C2(C)C. The van der Waals surface area contributed by atoms with Gasteiger partial charge in [0.2, 0.25) is 0 Å². The first kappa shape index (κ1) is 10.7. The molecule has 3 fully saturated rings. The Morgan fingerprint density at radius 2 is 2.07 bits per heavy atom. The lowest BCUT2D eigenvalue weighted by molar-refractivity contribution is -0.240. The van der Waals surface area contributed by atoms with E-state index in [4.69, 9.17) is 4.65 Å². The van der Waals surface area contributed by atoms with Crippen LogP contribution in [0.2, 0.25) is 0 Å². The summed E-state index contributed by atoms with van der Waals surface area (Å²) in [5.41, 5.74) is 0.120. The van der Waals surface area contributed by atoms with Crippen LogP contribution in [0.5, 0.6) is 0 Å². The van der Waals surface area contributed by atoms with Crippen LogP contribution in [0.4, 0.5) is 0 Å². The molecule has 3 atom stereocenters. The van der Waals surface area contributed by atoms with Gasteiger partial charge in [0.15, 0.2) is 0 Å². The lowest BCUT2D eigenvalue weighted by Crippen LogP contribution is -2.69. The fourth-order valence-corrected chi connectivity index (χ4v) is 3.81. The summed E-state index contributed by atoms with van der Waals surface area (Å²) < 4.78 is 5.74. The van der Waals surface area contributed by atoms with Gasteiger partial charge in [-0.1, -0.05) is 20.8 Å². The van der Waals surface area contributed by atoms with E-state index in [1.807, 2.05) is 0 Å². The molecule has 0 spiro atoms. The molecule has 0 saturated heterocycles. The minimum absolute atomic E-state index is 0.100. The second-order valence-corrected chi connectivity index (χ2v) is 5.95. The number of fused-ring (bicyclic) bond motifs is 2. The zero-order valence-electron chi connectivity index (χ0n) is 9.21. The van der Waals surface area contributed by atoms with Crippen LogP contribution in [0.1, 0.15) is 40.0 Å². The fraction of sp³-hybridized carbons (Fsp3) is 1.00. The first-order valence-electron chi connectivity index (χ1n) is 5.47. The van der Waals surface area contributed by atoms with E-state index >= 15 is 0 Å². The van der Waals surface area contributed by atoms with Crippen molar-refractivity contribution in [1.82, 2.24) is 0 Å². The van der Waals surface area contributed by atoms with Gasteiger partial charge in [-0.05, 0) is 36.5 Å². The third kappa shape index (κ3) is 1.17. The normalized spacial score (nSPS) is 44.4. The molecule has 0 aliphatic heterocycles. The molecule has 0 aromatic carbocycles. The summed E-state index contributed by atoms with van der Waals surface area (Å²) in [6.07, 6.45) is 3.66. The molecule has 3 unspecified atom stereocenters. The second kappa shape index (κ2) is 3.09. The maximum Gasteiger partial charge on any atom is 0.419 e. The molecule has 3 saturated carbocycles. The highest BCUT2D eigenvalue weighted by Crippen LogP contribution is 2.65. The maximum atomic E-state index is 9.34. The molecule has 2 nitrogen and oxygen atoms in total. The molecule has 3 rings (SSSR count). The van der Waals surface area contributed by atoms with Crippen molar-refractivity contribution >= 4 is 16.8 Å². The summed E-state index contributed by atoms with van der Waals surface area (Å²) in [4.78, 5) is 0. The Morgan fingerprint density at radius 3 is 2.50 bits per heavy atom. The summed E-state index contributed by atoms with van der Waals surface area (Å²) >= 11 is 0. The molecule has 0 amide bonds. The maximum absolute atomic E-state index is 9.34. The number of hydrogen-bond donors (Lipinski definition) is 1. The van der Waals surface area contributed by atoms with Crippen molar-refractivity contribution in [3.8, 4) is 0 Å². The van der Waals surface area contributed by atoms with Crippen LogP contribution in [0.25, 0.3) is 0 Å². The van der Waals surface area contributed by atoms with Gasteiger partial charge in [0.1, 0.15) is 0 Å². The van der Waals surface area contributed by atoms with Crippen LogP contribution in [0, 0.1) is 17.3 Å². The summed E-state index contributed by atoms with van der Waals surface area (Å²) in [6, 6.07) is 0. The van der Waals surface area contributed by atoms with E-state index in [-0.39, 0.29) is 11.0 Å². The van der Waals surface area contributed by atoms with Crippen LogP contribution < -0.4 is 0 Å². The molecule has 77 valence electrons. The average Bonchev–Trinajstić information content (AvgIpc) is 2.07. The predicted octanol–water partition coefficient (Wildman–Crippen LogP) is 1.36. The first-order chi connectivity index (χ1) is 6.40. The van der Waals surface area contributed by atoms with E-state index in [1.54, 1.807) is 0 Å². The van der Waals surface area contributed by atoms with Crippen LogP contribution in [-0.2, 0) is 4.65 Å². The van der Waals surface area contributed by atoms with Gasteiger partial charge < -0.3 is 9.68 Å². The second-order valence-electron chi connectivity index (χ2n) is 5.46. The Kier molecular flexibility index (Phi) is 2.37. The van der Waals surface area contributed by atoms with Crippen molar-refractivity contribution in [2.24, 2.45) is 17.3 Å². The molecule has 1 N–H and O–H groups in total. The Bertz CT molecular complexity index is 244. The Balaban J connectivity index is 2.22. The third-order valence-electron chi connectivity index (χ3n) is 4.73. The van der Waals surface area contributed by atoms with Crippen molar-refractivity contribution in [2.75, 3.05) is 0 Å². The van der Waals surface area contributed by atoms with Gasteiger partial charge in [0.25, 0.3) is 0 Å². The molecule has 4 heteroatoms. The number of rotatable bonds is 2. The van der Waals surface area contributed by atoms with E-state index in [0.717, 1.165) is 12.3 Å². The van der Waals surface area contributed by atoms with E-state index in [9.17, 15) is 5.02 Å². The summed E-state index contributed by atoms with van der Waals surface area (Å²) in [5, 5.41) is 9.34. The van der Waals surface area contributed by atoms with Gasteiger partial charge in [-0.15, -0.1) is 0 Å².